The summed E-state index contributed by atoms with van der Waals surface area (Å²) in [6.07, 6.45) is 0. The molecule has 0 bridgehead atoms. The molecule has 2 nitrogen and oxygen atoms in total. The van der Waals surface area contributed by atoms with Crippen molar-refractivity contribution < 1.29 is 9.53 Å². The fraction of sp³-hybridized carbons (Fsp3) is 0.857. The van der Waals surface area contributed by atoms with E-state index >= 15 is 0 Å². The molecule has 60 valence electrons. The van der Waals surface area contributed by atoms with Crippen LogP contribution in [0.15, 0.2) is 0 Å². The SMILES string of the molecule is CCSCCOCC(C)=O. The van der Waals surface area contributed by atoms with Gasteiger partial charge in [0.2, 0.25) is 0 Å². The Kier molecular flexibility index (Phi) is 7.08. The molecular formula is C7H14O2S. The van der Waals surface area contributed by atoms with Gasteiger partial charge in [0, 0.05) is 5.75 Å². The summed E-state index contributed by atoms with van der Waals surface area (Å²) in [6.45, 7) is 4.60. The van der Waals surface area contributed by atoms with Crippen LogP contribution in [-0.2, 0) is 9.53 Å². The number of carbonyl (C=O) groups excluding carboxylic acids is 1. The Morgan fingerprint density at radius 1 is 1.60 bits per heavy atom. The molecule has 0 heterocycles. The molecule has 0 amide bonds. The van der Waals surface area contributed by atoms with Crippen LogP contribution in [0.3, 0.4) is 0 Å². The molecule has 0 aliphatic carbocycles. The van der Waals surface area contributed by atoms with E-state index in [-0.39, 0.29) is 12.4 Å². The van der Waals surface area contributed by atoms with Crippen LogP contribution in [0.2, 0.25) is 0 Å². The number of thioether (sulfide) groups is 1. The third kappa shape index (κ3) is 7.98. The molecule has 0 saturated heterocycles. The monoisotopic (exact) mass is 162 g/mol. The van der Waals surface area contributed by atoms with Crippen molar-refractivity contribution in [2.75, 3.05) is 24.7 Å². The first-order valence-corrected chi connectivity index (χ1v) is 4.57. The van der Waals surface area contributed by atoms with Crippen LogP contribution in [0.4, 0.5) is 0 Å². The van der Waals surface area contributed by atoms with Crippen LogP contribution in [0.25, 0.3) is 0 Å². The van der Waals surface area contributed by atoms with Gasteiger partial charge in [-0.25, -0.2) is 0 Å². The van der Waals surface area contributed by atoms with Gasteiger partial charge in [-0.2, -0.15) is 11.8 Å². The van der Waals surface area contributed by atoms with E-state index in [1.807, 2.05) is 11.8 Å². The van der Waals surface area contributed by atoms with Crippen LogP contribution in [0, 0.1) is 0 Å². The van der Waals surface area contributed by atoms with Gasteiger partial charge in [-0.1, -0.05) is 6.92 Å². The second kappa shape index (κ2) is 7.09. The highest BCUT2D eigenvalue weighted by molar-refractivity contribution is 7.99. The largest absolute Gasteiger partial charge is 0.373 e. The predicted octanol–water partition coefficient (Wildman–Crippen LogP) is 1.35. The molecule has 0 aromatic rings. The molecule has 10 heavy (non-hydrogen) atoms. The minimum Gasteiger partial charge on any atom is -0.373 e. The fourth-order valence-corrected chi connectivity index (χ4v) is 1.00. The molecule has 0 aliphatic heterocycles. The minimum absolute atomic E-state index is 0.0986. The van der Waals surface area contributed by atoms with Gasteiger partial charge in [-0.15, -0.1) is 0 Å². The highest BCUT2D eigenvalue weighted by atomic mass is 32.2. The number of Topliss-reactive ketones (excluding diaryl/α,β-unsaturated/α-hetero) is 1. The van der Waals surface area contributed by atoms with Crippen molar-refractivity contribution in [3.8, 4) is 0 Å². The summed E-state index contributed by atoms with van der Waals surface area (Å²) >= 11 is 1.82. The lowest BCUT2D eigenvalue weighted by molar-refractivity contribution is -0.121. The third-order valence-electron chi connectivity index (χ3n) is 0.881. The number of hydrogen-bond donors (Lipinski definition) is 0. The molecule has 0 spiro atoms. The lowest BCUT2D eigenvalue weighted by atomic mass is 10.5. The lowest BCUT2D eigenvalue weighted by Gasteiger charge is -1.98. The maximum Gasteiger partial charge on any atom is 0.155 e. The van der Waals surface area contributed by atoms with Crippen molar-refractivity contribution in [1.29, 1.82) is 0 Å². The molecule has 0 aromatic heterocycles. The lowest BCUT2D eigenvalue weighted by Crippen LogP contribution is -2.06. The van der Waals surface area contributed by atoms with E-state index in [0.717, 1.165) is 11.5 Å². The Hall–Kier alpha value is -0.0200. The number of ether oxygens (including phenoxy) is 1. The molecule has 0 radical (unpaired) electrons. The van der Waals surface area contributed by atoms with Gasteiger partial charge in [0.05, 0.1) is 6.61 Å². The van der Waals surface area contributed by atoms with Crippen molar-refractivity contribution in [2.24, 2.45) is 0 Å². The summed E-state index contributed by atoms with van der Waals surface area (Å²) in [6, 6.07) is 0. The maximum atomic E-state index is 10.3. The van der Waals surface area contributed by atoms with Crippen molar-refractivity contribution >= 4 is 17.5 Å². The Labute approximate surface area is 66.3 Å². The van der Waals surface area contributed by atoms with E-state index < -0.39 is 0 Å². The van der Waals surface area contributed by atoms with Crippen molar-refractivity contribution in [3.63, 3.8) is 0 Å². The predicted molar refractivity (Wildman–Crippen MR) is 44.5 cm³/mol. The zero-order valence-corrected chi connectivity index (χ0v) is 7.37. The Morgan fingerprint density at radius 2 is 2.30 bits per heavy atom. The quantitative estimate of drug-likeness (QED) is 0.551. The highest BCUT2D eigenvalue weighted by Crippen LogP contribution is 1.96. The second-order valence-corrected chi connectivity index (χ2v) is 3.35. The van der Waals surface area contributed by atoms with Gasteiger partial charge in [-0.05, 0) is 12.7 Å². The smallest absolute Gasteiger partial charge is 0.155 e. The normalized spacial score (nSPS) is 9.80. The van der Waals surface area contributed by atoms with Gasteiger partial charge < -0.3 is 4.74 Å². The van der Waals surface area contributed by atoms with Crippen LogP contribution < -0.4 is 0 Å². The Bertz CT molecular complexity index is 93.6. The molecule has 0 fully saturated rings. The van der Waals surface area contributed by atoms with Crippen molar-refractivity contribution in [3.05, 3.63) is 0 Å². The van der Waals surface area contributed by atoms with Crippen LogP contribution >= 0.6 is 11.8 Å². The molecule has 0 aromatic carbocycles. The van der Waals surface area contributed by atoms with Crippen molar-refractivity contribution in [2.45, 2.75) is 13.8 Å². The van der Waals surface area contributed by atoms with Crippen LogP contribution in [0.1, 0.15) is 13.8 Å². The summed E-state index contributed by atoms with van der Waals surface area (Å²) < 4.78 is 5.03. The molecule has 0 N–H and O–H groups in total. The van der Waals surface area contributed by atoms with E-state index in [0.29, 0.717) is 6.61 Å². The van der Waals surface area contributed by atoms with Crippen molar-refractivity contribution in [1.82, 2.24) is 0 Å². The van der Waals surface area contributed by atoms with E-state index in [9.17, 15) is 4.79 Å². The molecule has 0 atom stereocenters. The summed E-state index contributed by atoms with van der Waals surface area (Å²) in [5.41, 5.74) is 0. The van der Waals surface area contributed by atoms with Gasteiger partial charge in [0.1, 0.15) is 6.61 Å². The first-order valence-electron chi connectivity index (χ1n) is 3.42. The average molecular weight is 162 g/mol. The van der Waals surface area contributed by atoms with Gasteiger partial charge in [0.15, 0.2) is 5.78 Å². The topological polar surface area (TPSA) is 26.3 Å². The first kappa shape index (κ1) is 9.98. The number of rotatable bonds is 6. The van der Waals surface area contributed by atoms with E-state index in [1.54, 1.807) is 0 Å². The third-order valence-corrected chi connectivity index (χ3v) is 1.75. The first-order chi connectivity index (χ1) is 4.77. The van der Waals surface area contributed by atoms with Gasteiger partial charge in [0.25, 0.3) is 0 Å². The maximum absolute atomic E-state index is 10.3. The summed E-state index contributed by atoms with van der Waals surface area (Å²) in [5.74, 6) is 2.20. The second-order valence-electron chi connectivity index (χ2n) is 1.95. The van der Waals surface area contributed by atoms with Crippen LogP contribution in [-0.4, -0.2) is 30.5 Å². The fourth-order valence-electron chi connectivity index (χ4n) is 0.478. The van der Waals surface area contributed by atoms with E-state index in [4.69, 9.17) is 4.74 Å². The van der Waals surface area contributed by atoms with E-state index in [1.165, 1.54) is 6.92 Å². The number of ketones is 1. The standard InChI is InChI=1S/C7H14O2S/c1-3-10-5-4-9-6-7(2)8/h3-6H2,1-2H3. The Balaban J connectivity index is 2.84. The summed E-state index contributed by atoms with van der Waals surface area (Å²) in [7, 11) is 0. The molecule has 3 heteroatoms. The zero-order chi connectivity index (χ0) is 7.82. The van der Waals surface area contributed by atoms with Gasteiger partial charge in [-0.3, -0.25) is 4.79 Å². The molecule has 0 aliphatic rings. The van der Waals surface area contributed by atoms with Gasteiger partial charge >= 0.3 is 0 Å². The molecular weight excluding hydrogens is 148 g/mol. The summed E-state index contributed by atoms with van der Waals surface area (Å²) in [5, 5.41) is 0. The minimum atomic E-state index is 0.0986. The molecule has 0 unspecified atom stereocenters. The number of hydrogen-bond acceptors (Lipinski definition) is 3. The highest BCUT2D eigenvalue weighted by Gasteiger charge is 1.91. The Morgan fingerprint density at radius 3 is 2.80 bits per heavy atom. The van der Waals surface area contributed by atoms with Crippen LogP contribution in [0.5, 0.6) is 0 Å². The molecule has 0 saturated carbocycles. The average Bonchev–Trinajstić information content (AvgIpc) is 1.87. The zero-order valence-electron chi connectivity index (χ0n) is 6.55. The molecule has 0 rings (SSSR count). The number of carbonyl (C=O) groups is 1. The van der Waals surface area contributed by atoms with E-state index in [2.05, 4.69) is 6.92 Å². The summed E-state index contributed by atoms with van der Waals surface area (Å²) in [4.78, 5) is 10.3.